The SMILES string of the molecule is CCCCOP(=S)(OCC(Cl)(Cl)Cl)c1ccc(Br)cc1. The molecule has 0 saturated carbocycles. The summed E-state index contributed by atoms with van der Waals surface area (Å²) < 4.78 is 10.9. The van der Waals surface area contributed by atoms with Crippen molar-refractivity contribution in [2.75, 3.05) is 13.2 Å². The standard InChI is InChI=1S/C12H15BrCl3O2PS/c1-2-3-8-17-19(20,18-9-12(14,15)16)11-6-4-10(13)5-7-11/h4-7H,2-3,8-9H2,1H3. The molecular formula is C12H15BrCl3O2PS. The van der Waals surface area contributed by atoms with E-state index in [4.69, 9.17) is 55.7 Å². The maximum absolute atomic E-state index is 5.80. The van der Waals surface area contributed by atoms with E-state index in [1.54, 1.807) is 0 Å². The molecule has 0 bridgehead atoms. The van der Waals surface area contributed by atoms with E-state index in [1.807, 2.05) is 24.3 Å². The van der Waals surface area contributed by atoms with Gasteiger partial charge in [-0.05, 0) is 42.5 Å². The third-order valence-corrected chi connectivity index (χ3v) is 6.34. The minimum Gasteiger partial charge on any atom is -0.326 e. The highest BCUT2D eigenvalue weighted by Gasteiger charge is 2.28. The van der Waals surface area contributed by atoms with Gasteiger partial charge in [0.25, 0.3) is 0 Å². The molecule has 0 aliphatic rings. The van der Waals surface area contributed by atoms with Crippen LogP contribution in [0.25, 0.3) is 0 Å². The van der Waals surface area contributed by atoms with Gasteiger partial charge in [-0.15, -0.1) is 0 Å². The maximum Gasteiger partial charge on any atom is 0.219 e. The number of hydrogen-bond donors (Lipinski definition) is 0. The lowest BCUT2D eigenvalue weighted by Gasteiger charge is -2.24. The van der Waals surface area contributed by atoms with Crippen LogP contribution in [0.15, 0.2) is 28.7 Å². The third-order valence-electron chi connectivity index (χ3n) is 2.30. The largest absolute Gasteiger partial charge is 0.326 e. The number of alkyl halides is 3. The highest BCUT2D eigenvalue weighted by molar-refractivity contribution is 9.10. The van der Waals surface area contributed by atoms with E-state index in [1.165, 1.54) is 0 Å². The lowest BCUT2D eigenvalue weighted by Crippen LogP contribution is -2.17. The van der Waals surface area contributed by atoms with Crippen molar-refractivity contribution < 1.29 is 9.05 Å². The Balaban J connectivity index is 2.88. The number of benzene rings is 1. The molecule has 0 aliphatic carbocycles. The molecule has 0 aliphatic heterocycles. The van der Waals surface area contributed by atoms with Crippen molar-refractivity contribution in [1.82, 2.24) is 0 Å². The van der Waals surface area contributed by atoms with Gasteiger partial charge in [0.05, 0.1) is 6.61 Å². The van der Waals surface area contributed by atoms with Crippen LogP contribution in [0.1, 0.15) is 19.8 Å². The van der Waals surface area contributed by atoms with E-state index in [2.05, 4.69) is 22.9 Å². The molecule has 0 spiro atoms. The topological polar surface area (TPSA) is 18.5 Å². The molecule has 0 heterocycles. The van der Waals surface area contributed by atoms with E-state index < -0.39 is 10.3 Å². The highest BCUT2D eigenvalue weighted by Crippen LogP contribution is 2.49. The van der Waals surface area contributed by atoms with Crippen LogP contribution in [0, 0.1) is 0 Å². The Labute approximate surface area is 148 Å². The van der Waals surface area contributed by atoms with Crippen molar-refractivity contribution in [2.24, 2.45) is 0 Å². The summed E-state index contributed by atoms with van der Waals surface area (Å²) in [4.78, 5) is 0. The van der Waals surface area contributed by atoms with Crippen molar-refractivity contribution in [1.29, 1.82) is 0 Å². The van der Waals surface area contributed by atoms with Crippen LogP contribution < -0.4 is 5.30 Å². The Morgan fingerprint density at radius 3 is 2.30 bits per heavy atom. The van der Waals surface area contributed by atoms with E-state index in [0.29, 0.717) is 6.61 Å². The summed E-state index contributed by atoms with van der Waals surface area (Å²) in [5.74, 6) is 0. The molecule has 1 atom stereocenters. The maximum atomic E-state index is 5.80. The zero-order chi connectivity index (χ0) is 15.2. The van der Waals surface area contributed by atoms with Gasteiger partial charge in [0, 0.05) is 9.78 Å². The van der Waals surface area contributed by atoms with E-state index in [-0.39, 0.29) is 6.61 Å². The molecule has 0 radical (unpaired) electrons. The number of rotatable bonds is 7. The highest BCUT2D eigenvalue weighted by atomic mass is 79.9. The van der Waals surface area contributed by atoms with Crippen LogP contribution in [0.5, 0.6) is 0 Å². The first-order valence-corrected chi connectivity index (χ1v) is 10.6. The van der Waals surface area contributed by atoms with Crippen LogP contribution in [-0.2, 0) is 20.9 Å². The first kappa shape index (κ1) is 19.2. The number of halogens is 4. The summed E-state index contributed by atoms with van der Waals surface area (Å²) >= 11 is 26.1. The average Bonchev–Trinajstić information content (AvgIpc) is 2.37. The zero-order valence-electron chi connectivity index (χ0n) is 10.8. The summed E-state index contributed by atoms with van der Waals surface area (Å²) in [5, 5.41) is 0.807. The lowest BCUT2D eigenvalue weighted by atomic mass is 10.4. The van der Waals surface area contributed by atoms with Gasteiger partial charge in [0.1, 0.15) is 6.61 Å². The fourth-order valence-electron chi connectivity index (χ4n) is 1.30. The second-order valence-corrected chi connectivity index (χ2v) is 11.0. The Morgan fingerprint density at radius 2 is 1.80 bits per heavy atom. The van der Waals surface area contributed by atoms with E-state index in [0.717, 1.165) is 22.6 Å². The Morgan fingerprint density at radius 1 is 1.20 bits per heavy atom. The molecule has 1 aromatic rings. The molecule has 8 heteroatoms. The molecule has 0 saturated heterocycles. The van der Waals surface area contributed by atoms with Gasteiger partial charge in [-0.2, -0.15) is 0 Å². The van der Waals surface area contributed by atoms with E-state index in [9.17, 15) is 0 Å². The minimum absolute atomic E-state index is 0.100. The van der Waals surface area contributed by atoms with Gasteiger partial charge in [-0.1, -0.05) is 64.1 Å². The van der Waals surface area contributed by atoms with Gasteiger partial charge >= 0.3 is 0 Å². The molecular weight excluding hydrogens is 425 g/mol. The minimum atomic E-state index is -2.66. The second kappa shape index (κ2) is 8.69. The number of hydrogen-bond acceptors (Lipinski definition) is 3. The molecule has 1 aromatic carbocycles. The first-order valence-electron chi connectivity index (χ1n) is 5.99. The average molecular weight is 441 g/mol. The fourth-order valence-corrected chi connectivity index (χ4v) is 4.32. The predicted molar refractivity (Wildman–Crippen MR) is 95.2 cm³/mol. The third kappa shape index (κ3) is 6.93. The van der Waals surface area contributed by atoms with Gasteiger partial charge < -0.3 is 9.05 Å². The molecule has 0 amide bonds. The molecule has 2 nitrogen and oxygen atoms in total. The van der Waals surface area contributed by atoms with Crippen LogP contribution in [0.3, 0.4) is 0 Å². The monoisotopic (exact) mass is 438 g/mol. The van der Waals surface area contributed by atoms with Crippen molar-refractivity contribution in [3.8, 4) is 0 Å². The van der Waals surface area contributed by atoms with Crippen LogP contribution in [0.2, 0.25) is 0 Å². The van der Waals surface area contributed by atoms with Crippen molar-refractivity contribution in [3.63, 3.8) is 0 Å². The molecule has 20 heavy (non-hydrogen) atoms. The molecule has 0 N–H and O–H groups in total. The summed E-state index contributed by atoms with van der Waals surface area (Å²) in [6.45, 7) is -0.149. The normalized spacial score (nSPS) is 15.1. The molecule has 0 aromatic heterocycles. The van der Waals surface area contributed by atoms with Gasteiger partial charge in [-0.3, -0.25) is 0 Å². The second-order valence-electron chi connectivity index (χ2n) is 4.05. The molecule has 0 fully saturated rings. The lowest BCUT2D eigenvalue weighted by molar-refractivity contribution is 0.254. The van der Waals surface area contributed by atoms with Crippen molar-refractivity contribution >= 4 is 74.3 Å². The molecule has 1 unspecified atom stereocenters. The Bertz CT molecular complexity index is 465. The fraction of sp³-hybridized carbons (Fsp3) is 0.500. The van der Waals surface area contributed by atoms with E-state index >= 15 is 0 Å². The van der Waals surface area contributed by atoms with Gasteiger partial charge in [0.2, 0.25) is 10.3 Å². The molecule has 1 rings (SSSR count). The number of unbranched alkanes of at least 4 members (excludes halogenated alkanes) is 1. The predicted octanol–water partition coefficient (Wildman–Crippen LogP) is 5.59. The summed E-state index contributed by atoms with van der Waals surface area (Å²) in [6.07, 6.45) is 1.92. The Kier molecular flexibility index (Phi) is 8.34. The smallest absolute Gasteiger partial charge is 0.219 e. The summed E-state index contributed by atoms with van der Waals surface area (Å²) in [5.41, 5.74) is 0. The van der Waals surface area contributed by atoms with Gasteiger partial charge in [0.15, 0.2) is 0 Å². The van der Waals surface area contributed by atoms with Crippen LogP contribution in [-0.4, -0.2) is 17.0 Å². The quantitative estimate of drug-likeness (QED) is 0.313. The Hall–Kier alpha value is 1.14. The van der Waals surface area contributed by atoms with Crippen LogP contribution in [0.4, 0.5) is 0 Å². The summed E-state index contributed by atoms with van der Waals surface area (Å²) in [7, 11) is 0. The van der Waals surface area contributed by atoms with Gasteiger partial charge in [-0.25, -0.2) is 0 Å². The first-order chi connectivity index (χ1) is 9.27. The summed E-state index contributed by atoms with van der Waals surface area (Å²) in [6, 6.07) is 7.51. The zero-order valence-corrected chi connectivity index (χ0v) is 16.4. The van der Waals surface area contributed by atoms with Crippen molar-refractivity contribution in [3.05, 3.63) is 28.7 Å². The van der Waals surface area contributed by atoms with Crippen LogP contribution >= 0.6 is 57.2 Å². The van der Waals surface area contributed by atoms with Crippen molar-refractivity contribution in [2.45, 2.75) is 23.6 Å². The molecule has 114 valence electrons.